The second kappa shape index (κ2) is 6.56. The number of halogens is 1. The quantitative estimate of drug-likeness (QED) is 0.788. The molecular weight excluding hydrogens is 250 g/mol. The highest BCUT2D eigenvalue weighted by atomic mass is 35.5. The third-order valence-corrected chi connectivity index (χ3v) is 4.70. The minimum atomic E-state index is -0.217. The maximum Gasteiger partial charge on any atom is 0.168 e. The first-order valence-electron chi connectivity index (χ1n) is 7.08. The molecule has 0 bridgehead atoms. The molecule has 2 rings (SSSR count). The SMILES string of the molecule is CCCCC1(N(C)C)CCC2(CC1)OCCO2.Cl. The average Bonchev–Trinajstić information content (AvgIpc) is 2.77. The first-order valence-corrected chi connectivity index (χ1v) is 7.08. The fraction of sp³-hybridized carbons (Fsp3) is 1.00. The Hall–Kier alpha value is 0.170. The summed E-state index contributed by atoms with van der Waals surface area (Å²) in [6.45, 7) is 3.84. The van der Waals surface area contributed by atoms with Crippen LogP contribution >= 0.6 is 12.4 Å². The third-order valence-electron chi connectivity index (χ3n) is 4.70. The maximum atomic E-state index is 5.82. The van der Waals surface area contributed by atoms with Crippen LogP contribution in [0.2, 0.25) is 0 Å². The Morgan fingerprint density at radius 2 is 1.56 bits per heavy atom. The van der Waals surface area contributed by atoms with Crippen molar-refractivity contribution in [3.05, 3.63) is 0 Å². The molecule has 2 aliphatic rings. The Balaban J connectivity index is 0.00000162. The fourth-order valence-electron chi connectivity index (χ4n) is 3.31. The summed E-state index contributed by atoms with van der Waals surface area (Å²) in [6, 6.07) is 0. The van der Waals surface area contributed by atoms with E-state index >= 15 is 0 Å². The van der Waals surface area contributed by atoms with Crippen molar-refractivity contribution in [3.8, 4) is 0 Å². The molecule has 0 amide bonds. The summed E-state index contributed by atoms with van der Waals surface area (Å²) in [5, 5.41) is 0. The molecule has 1 aliphatic heterocycles. The van der Waals surface area contributed by atoms with Crippen LogP contribution in [-0.4, -0.2) is 43.5 Å². The molecule has 3 nitrogen and oxygen atoms in total. The molecule has 18 heavy (non-hydrogen) atoms. The number of hydrogen-bond donors (Lipinski definition) is 0. The summed E-state index contributed by atoms with van der Waals surface area (Å²) < 4.78 is 11.6. The lowest BCUT2D eigenvalue weighted by Crippen LogP contribution is -2.51. The Bertz CT molecular complexity index is 242. The summed E-state index contributed by atoms with van der Waals surface area (Å²) in [5.41, 5.74) is 0.385. The molecule has 1 saturated heterocycles. The molecule has 108 valence electrons. The zero-order valence-electron chi connectivity index (χ0n) is 12.0. The van der Waals surface area contributed by atoms with Gasteiger partial charge in [-0.2, -0.15) is 0 Å². The van der Waals surface area contributed by atoms with Crippen LogP contribution in [-0.2, 0) is 9.47 Å². The summed E-state index contributed by atoms with van der Waals surface area (Å²) >= 11 is 0. The van der Waals surface area contributed by atoms with Crippen LogP contribution in [0.1, 0.15) is 51.9 Å². The lowest BCUT2D eigenvalue weighted by atomic mass is 9.75. The van der Waals surface area contributed by atoms with Gasteiger partial charge in [0.05, 0.1) is 13.2 Å². The van der Waals surface area contributed by atoms with Gasteiger partial charge in [0.1, 0.15) is 0 Å². The minimum Gasteiger partial charge on any atom is -0.348 e. The highest BCUT2D eigenvalue weighted by Crippen LogP contribution is 2.44. The Morgan fingerprint density at radius 1 is 1.00 bits per heavy atom. The van der Waals surface area contributed by atoms with Crippen molar-refractivity contribution in [2.75, 3.05) is 27.3 Å². The monoisotopic (exact) mass is 277 g/mol. The van der Waals surface area contributed by atoms with Gasteiger partial charge in [-0.05, 0) is 33.4 Å². The molecule has 1 spiro atoms. The van der Waals surface area contributed by atoms with Crippen LogP contribution in [0.25, 0.3) is 0 Å². The number of nitrogens with zero attached hydrogens (tertiary/aromatic N) is 1. The molecule has 1 heterocycles. The predicted octanol–water partition coefficient (Wildman–Crippen LogP) is 3.22. The van der Waals surface area contributed by atoms with E-state index in [0.717, 1.165) is 26.1 Å². The van der Waals surface area contributed by atoms with Crippen LogP contribution in [0, 0.1) is 0 Å². The van der Waals surface area contributed by atoms with Gasteiger partial charge in [-0.15, -0.1) is 12.4 Å². The van der Waals surface area contributed by atoms with E-state index in [-0.39, 0.29) is 18.2 Å². The van der Waals surface area contributed by atoms with Crippen molar-refractivity contribution in [3.63, 3.8) is 0 Å². The molecular formula is C14H28ClNO2. The molecule has 0 N–H and O–H groups in total. The number of rotatable bonds is 4. The molecule has 0 aromatic rings. The van der Waals surface area contributed by atoms with Crippen molar-refractivity contribution in [2.45, 2.75) is 63.2 Å². The van der Waals surface area contributed by atoms with Crippen molar-refractivity contribution in [1.82, 2.24) is 4.90 Å². The maximum absolute atomic E-state index is 5.82. The molecule has 0 atom stereocenters. The normalized spacial score (nSPS) is 25.3. The van der Waals surface area contributed by atoms with Gasteiger partial charge in [-0.25, -0.2) is 0 Å². The molecule has 4 heteroatoms. The van der Waals surface area contributed by atoms with Gasteiger partial charge in [-0.3, -0.25) is 0 Å². The minimum absolute atomic E-state index is 0. The summed E-state index contributed by atoms with van der Waals surface area (Å²) in [7, 11) is 4.45. The second-order valence-corrected chi connectivity index (χ2v) is 5.83. The van der Waals surface area contributed by atoms with Crippen LogP contribution in [0.4, 0.5) is 0 Å². The fourth-order valence-corrected chi connectivity index (χ4v) is 3.31. The molecule has 0 unspecified atom stereocenters. The van der Waals surface area contributed by atoms with E-state index < -0.39 is 0 Å². The number of hydrogen-bond acceptors (Lipinski definition) is 3. The van der Waals surface area contributed by atoms with Crippen molar-refractivity contribution in [2.24, 2.45) is 0 Å². The lowest BCUT2D eigenvalue weighted by Gasteiger charge is -2.47. The van der Waals surface area contributed by atoms with Crippen LogP contribution in [0.15, 0.2) is 0 Å². The van der Waals surface area contributed by atoms with Gasteiger partial charge in [0.25, 0.3) is 0 Å². The van der Waals surface area contributed by atoms with Gasteiger partial charge in [0.2, 0.25) is 0 Å². The number of ether oxygens (including phenoxy) is 2. The topological polar surface area (TPSA) is 21.7 Å². The van der Waals surface area contributed by atoms with Gasteiger partial charge in [0.15, 0.2) is 5.79 Å². The highest BCUT2D eigenvalue weighted by molar-refractivity contribution is 5.85. The Kier molecular flexibility index (Phi) is 5.91. The third kappa shape index (κ3) is 3.19. The molecule has 0 radical (unpaired) electrons. The van der Waals surface area contributed by atoms with E-state index in [2.05, 4.69) is 25.9 Å². The summed E-state index contributed by atoms with van der Waals surface area (Å²) in [4.78, 5) is 2.43. The van der Waals surface area contributed by atoms with Gasteiger partial charge in [0, 0.05) is 18.4 Å². The zero-order valence-corrected chi connectivity index (χ0v) is 12.9. The van der Waals surface area contributed by atoms with E-state index in [1.807, 2.05) is 0 Å². The smallest absolute Gasteiger partial charge is 0.168 e. The van der Waals surface area contributed by atoms with Crippen molar-refractivity contribution >= 4 is 12.4 Å². The highest BCUT2D eigenvalue weighted by Gasteiger charge is 2.46. The zero-order chi connectivity index (χ0) is 12.4. The summed E-state index contributed by atoms with van der Waals surface area (Å²) in [5.74, 6) is -0.217. The Labute approximate surface area is 118 Å². The second-order valence-electron chi connectivity index (χ2n) is 5.83. The number of unbranched alkanes of at least 4 members (excludes halogenated alkanes) is 1. The molecule has 1 saturated carbocycles. The van der Waals surface area contributed by atoms with E-state index in [9.17, 15) is 0 Å². The van der Waals surface area contributed by atoms with Crippen molar-refractivity contribution in [1.29, 1.82) is 0 Å². The first-order chi connectivity index (χ1) is 8.13. The molecule has 0 aromatic carbocycles. The average molecular weight is 278 g/mol. The lowest BCUT2D eigenvalue weighted by molar-refractivity contribution is -0.193. The molecule has 0 aromatic heterocycles. The van der Waals surface area contributed by atoms with Crippen molar-refractivity contribution < 1.29 is 9.47 Å². The summed E-state index contributed by atoms with van der Waals surface area (Å²) in [6.07, 6.45) is 8.47. The van der Waals surface area contributed by atoms with E-state index in [1.165, 1.54) is 32.1 Å². The largest absolute Gasteiger partial charge is 0.348 e. The van der Waals surface area contributed by atoms with Crippen LogP contribution < -0.4 is 0 Å². The molecule has 2 fully saturated rings. The van der Waals surface area contributed by atoms with Gasteiger partial charge < -0.3 is 14.4 Å². The van der Waals surface area contributed by atoms with E-state index in [0.29, 0.717) is 5.54 Å². The predicted molar refractivity (Wildman–Crippen MR) is 76.3 cm³/mol. The standard InChI is InChI=1S/C14H27NO2.ClH/c1-4-5-6-13(15(2)3)7-9-14(10-8-13)16-11-12-17-14;/h4-12H2,1-3H3;1H. The van der Waals surface area contributed by atoms with Crippen LogP contribution in [0.5, 0.6) is 0 Å². The Morgan fingerprint density at radius 3 is 2.00 bits per heavy atom. The van der Waals surface area contributed by atoms with E-state index in [4.69, 9.17) is 9.47 Å². The van der Waals surface area contributed by atoms with E-state index in [1.54, 1.807) is 0 Å². The van der Waals surface area contributed by atoms with Crippen LogP contribution in [0.3, 0.4) is 0 Å². The first kappa shape index (κ1) is 16.2. The van der Waals surface area contributed by atoms with Gasteiger partial charge >= 0.3 is 0 Å². The van der Waals surface area contributed by atoms with Gasteiger partial charge in [-0.1, -0.05) is 19.8 Å². The molecule has 1 aliphatic carbocycles.